The summed E-state index contributed by atoms with van der Waals surface area (Å²) in [5.74, 6) is 0.732. The van der Waals surface area contributed by atoms with E-state index in [1.54, 1.807) is 22.0 Å². The standard InChI is InChI=1S/C28H31ClN6O3S/c1-15-13-34(9-8-33(15)2)26(37)16-4-5-17-21(10-16)39-25-22(17)24(30-14-31-25)32-19-11-18(29)23-20(36)12-28(6-3-7-28)35(23)27(19)38/h11,14-16H,3-10,12-13H2,1-2H3,(H,30,31,32)/t15-,16+/m1/s1. The molecule has 2 aliphatic heterocycles. The first kappa shape index (κ1) is 25.2. The number of rotatable bonds is 3. The molecule has 39 heavy (non-hydrogen) atoms. The molecule has 1 N–H and O–H groups in total. The SMILES string of the molecule is C[C@@H]1CN(C(=O)[C@H]2CCc3c(sc4ncnc(Nc5cc(Cl)c6n(c5=O)C5(CCC5)CC6=O)c34)C2)CCN1C. The molecule has 1 saturated heterocycles. The number of likely N-dealkylation sites (N-methyl/N-ethyl adjacent to an activating group) is 1. The van der Waals surface area contributed by atoms with Gasteiger partial charge in [0.2, 0.25) is 5.91 Å². The molecule has 2 fully saturated rings. The minimum atomic E-state index is -0.434. The number of ketones is 1. The number of pyridine rings is 1. The molecular weight excluding hydrogens is 536 g/mol. The van der Waals surface area contributed by atoms with Gasteiger partial charge in [0.25, 0.3) is 5.56 Å². The fraction of sp³-hybridized carbons (Fsp3) is 0.536. The topological polar surface area (TPSA) is 100 Å². The van der Waals surface area contributed by atoms with Gasteiger partial charge in [-0.05, 0) is 64.1 Å². The number of fused-ring (bicyclic) bond motifs is 5. The van der Waals surface area contributed by atoms with Crippen molar-refractivity contribution in [1.82, 2.24) is 24.3 Å². The van der Waals surface area contributed by atoms with E-state index in [2.05, 4.69) is 34.2 Å². The number of carbonyl (C=O) groups excluding carboxylic acids is 2. The average molecular weight is 567 g/mol. The summed E-state index contributed by atoms with van der Waals surface area (Å²) < 4.78 is 1.64. The number of amides is 1. The number of Topliss-reactive ketones (excluding diaryl/α,β-unsaturated/α-hetero) is 1. The Bertz CT molecular complexity index is 1590. The summed E-state index contributed by atoms with van der Waals surface area (Å²) in [7, 11) is 2.11. The van der Waals surface area contributed by atoms with Gasteiger partial charge in [0, 0.05) is 42.9 Å². The highest BCUT2D eigenvalue weighted by Gasteiger charge is 2.49. The van der Waals surface area contributed by atoms with Crippen LogP contribution >= 0.6 is 22.9 Å². The number of carbonyl (C=O) groups is 2. The van der Waals surface area contributed by atoms with Crippen LogP contribution in [-0.2, 0) is 23.2 Å². The number of anilines is 2. The molecule has 0 unspecified atom stereocenters. The largest absolute Gasteiger partial charge is 0.340 e. The molecule has 4 aliphatic rings. The zero-order valence-electron chi connectivity index (χ0n) is 22.1. The molecule has 1 amide bonds. The Morgan fingerprint density at radius 2 is 2.05 bits per heavy atom. The summed E-state index contributed by atoms with van der Waals surface area (Å²) in [6.07, 6.45) is 6.72. The fourth-order valence-corrected chi connectivity index (χ4v) is 8.45. The van der Waals surface area contributed by atoms with Crippen molar-refractivity contribution in [3.8, 4) is 0 Å². The van der Waals surface area contributed by atoms with E-state index in [0.717, 1.165) is 67.5 Å². The van der Waals surface area contributed by atoms with E-state index >= 15 is 0 Å². The molecule has 0 bridgehead atoms. The first-order valence-corrected chi connectivity index (χ1v) is 15.0. The van der Waals surface area contributed by atoms with Crippen molar-refractivity contribution >= 4 is 56.4 Å². The van der Waals surface area contributed by atoms with E-state index in [1.165, 1.54) is 11.2 Å². The van der Waals surface area contributed by atoms with E-state index < -0.39 is 5.54 Å². The second kappa shape index (κ2) is 9.11. The molecule has 2 aliphatic carbocycles. The van der Waals surface area contributed by atoms with Crippen molar-refractivity contribution in [2.75, 3.05) is 32.0 Å². The van der Waals surface area contributed by atoms with Crippen molar-refractivity contribution < 1.29 is 9.59 Å². The molecule has 7 rings (SSSR count). The van der Waals surface area contributed by atoms with Gasteiger partial charge in [-0.15, -0.1) is 11.3 Å². The van der Waals surface area contributed by atoms with Gasteiger partial charge >= 0.3 is 0 Å². The minimum absolute atomic E-state index is 0.0260. The Labute approximate surface area is 235 Å². The first-order chi connectivity index (χ1) is 18.8. The average Bonchev–Trinajstić information content (AvgIpc) is 3.44. The van der Waals surface area contributed by atoms with Crippen molar-refractivity contribution in [3.63, 3.8) is 0 Å². The zero-order valence-corrected chi connectivity index (χ0v) is 23.7. The Balaban J connectivity index is 1.20. The first-order valence-electron chi connectivity index (χ1n) is 13.8. The van der Waals surface area contributed by atoms with Crippen molar-refractivity contribution in [1.29, 1.82) is 0 Å². The number of thiophene rings is 1. The number of nitrogens with one attached hydrogen (secondary N) is 1. The lowest BCUT2D eigenvalue weighted by atomic mass is 9.75. The van der Waals surface area contributed by atoms with E-state index in [-0.39, 0.29) is 23.2 Å². The lowest BCUT2D eigenvalue weighted by Gasteiger charge is -2.39. The third-order valence-corrected chi connectivity index (χ3v) is 10.8. The molecule has 5 heterocycles. The predicted octanol–water partition coefficient (Wildman–Crippen LogP) is 3.98. The molecular formula is C28H31ClN6O3S. The number of halogens is 1. The van der Waals surface area contributed by atoms with Crippen LogP contribution in [0.5, 0.6) is 0 Å². The van der Waals surface area contributed by atoms with Crippen LogP contribution < -0.4 is 10.9 Å². The van der Waals surface area contributed by atoms with Crippen LogP contribution in [0.3, 0.4) is 0 Å². The van der Waals surface area contributed by atoms with Crippen molar-refractivity contribution in [2.24, 2.45) is 5.92 Å². The minimum Gasteiger partial charge on any atom is -0.340 e. The van der Waals surface area contributed by atoms with Gasteiger partial charge in [-0.1, -0.05) is 11.6 Å². The van der Waals surface area contributed by atoms with Crippen LogP contribution in [-0.4, -0.2) is 68.7 Å². The summed E-state index contributed by atoms with van der Waals surface area (Å²) in [4.78, 5) is 55.2. The van der Waals surface area contributed by atoms with E-state index in [1.807, 2.05) is 4.90 Å². The smallest absolute Gasteiger partial charge is 0.275 e. The molecule has 0 radical (unpaired) electrons. The quantitative estimate of drug-likeness (QED) is 0.512. The highest BCUT2D eigenvalue weighted by atomic mass is 35.5. The number of nitrogens with zero attached hydrogens (tertiary/aromatic N) is 5. The van der Waals surface area contributed by atoms with Crippen LogP contribution in [0, 0.1) is 5.92 Å². The number of hydrogen-bond donors (Lipinski definition) is 1. The van der Waals surface area contributed by atoms with Gasteiger partial charge in [-0.3, -0.25) is 19.0 Å². The third kappa shape index (κ3) is 3.86. The van der Waals surface area contributed by atoms with E-state index in [9.17, 15) is 14.4 Å². The highest BCUT2D eigenvalue weighted by molar-refractivity contribution is 7.19. The number of hydrogen-bond acceptors (Lipinski definition) is 8. The Morgan fingerprint density at radius 1 is 1.23 bits per heavy atom. The van der Waals surface area contributed by atoms with E-state index in [0.29, 0.717) is 41.1 Å². The van der Waals surface area contributed by atoms with Crippen LogP contribution in [0.2, 0.25) is 5.02 Å². The molecule has 0 aromatic carbocycles. The van der Waals surface area contributed by atoms with Gasteiger partial charge in [-0.25, -0.2) is 9.97 Å². The molecule has 1 saturated carbocycles. The molecule has 1 spiro atoms. The van der Waals surface area contributed by atoms with Gasteiger partial charge < -0.3 is 15.1 Å². The molecule has 11 heteroatoms. The molecule has 3 aromatic rings. The van der Waals surface area contributed by atoms with Crippen LogP contribution in [0.15, 0.2) is 17.2 Å². The van der Waals surface area contributed by atoms with Gasteiger partial charge in [0.05, 0.1) is 15.9 Å². The van der Waals surface area contributed by atoms with Gasteiger partial charge in [-0.2, -0.15) is 0 Å². The monoisotopic (exact) mass is 566 g/mol. The highest BCUT2D eigenvalue weighted by Crippen LogP contribution is 2.48. The maximum absolute atomic E-state index is 13.6. The zero-order chi connectivity index (χ0) is 27.1. The molecule has 204 valence electrons. The Hall–Kier alpha value is -2.82. The molecule has 9 nitrogen and oxygen atoms in total. The maximum Gasteiger partial charge on any atom is 0.275 e. The summed E-state index contributed by atoms with van der Waals surface area (Å²) in [5.41, 5.74) is 1.14. The summed E-state index contributed by atoms with van der Waals surface area (Å²) in [5, 5.41) is 4.47. The second-order valence-corrected chi connectivity index (χ2v) is 13.1. The van der Waals surface area contributed by atoms with E-state index in [4.69, 9.17) is 11.6 Å². The lowest BCUT2D eigenvalue weighted by Crippen LogP contribution is -2.53. The van der Waals surface area contributed by atoms with Crippen molar-refractivity contribution in [2.45, 2.75) is 63.5 Å². The van der Waals surface area contributed by atoms with Crippen molar-refractivity contribution in [3.05, 3.63) is 43.9 Å². The summed E-state index contributed by atoms with van der Waals surface area (Å²) >= 11 is 8.17. The van der Waals surface area contributed by atoms with Crippen LogP contribution in [0.4, 0.5) is 11.5 Å². The molecule has 2 atom stereocenters. The Morgan fingerprint density at radius 3 is 2.79 bits per heavy atom. The van der Waals surface area contributed by atoms with Gasteiger partial charge in [0.15, 0.2) is 5.78 Å². The lowest BCUT2D eigenvalue weighted by molar-refractivity contribution is -0.138. The van der Waals surface area contributed by atoms with Crippen LogP contribution in [0.25, 0.3) is 10.2 Å². The number of piperazine rings is 1. The second-order valence-electron chi connectivity index (χ2n) is 11.7. The van der Waals surface area contributed by atoms with Crippen LogP contribution in [0.1, 0.15) is 60.0 Å². The maximum atomic E-state index is 13.6. The number of aromatic nitrogens is 3. The molecule has 3 aromatic heterocycles. The van der Waals surface area contributed by atoms with Gasteiger partial charge in [0.1, 0.15) is 28.4 Å². The Kier molecular flexibility index (Phi) is 5.88. The summed E-state index contributed by atoms with van der Waals surface area (Å²) in [6.45, 7) is 4.62. The predicted molar refractivity (Wildman–Crippen MR) is 151 cm³/mol. The summed E-state index contributed by atoms with van der Waals surface area (Å²) in [6, 6.07) is 1.92. The number of aryl methyl sites for hydroxylation is 1. The normalized spacial score (nSPS) is 24.1. The third-order valence-electron chi connectivity index (χ3n) is 9.39. The fourth-order valence-electron chi connectivity index (χ4n) is 6.88.